The molecule has 0 aliphatic rings. The van der Waals surface area contributed by atoms with Crippen LogP contribution in [-0.2, 0) is 47.2 Å². The fraction of sp³-hybridized carbons (Fsp3) is 0.250. The zero-order valence-electron chi connectivity index (χ0n) is 12.0. The standard InChI is InChI=1S/2C8H10N.2BrH.2Pd/c2*9-7-6-8-4-2-1-3-5-8;;;;/h2*1-2,4-5H,6-7,9H2;2*1H;;/q2*-1;;;2*+2/p-2. The van der Waals surface area contributed by atoms with Crippen molar-refractivity contribution in [3.63, 3.8) is 0 Å². The molecular formula is C16H20Br2N2Pd2. The molecule has 0 radical (unpaired) electrons. The van der Waals surface area contributed by atoms with Gasteiger partial charge in [0.05, 0.1) is 0 Å². The van der Waals surface area contributed by atoms with Crippen molar-refractivity contribution < 1.29 is 34.4 Å². The van der Waals surface area contributed by atoms with Crippen LogP contribution in [0, 0.1) is 12.1 Å². The summed E-state index contributed by atoms with van der Waals surface area (Å²) in [6.07, 6.45) is 1.91. The van der Waals surface area contributed by atoms with Crippen molar-refractivity contribution >= 4 is 26.9 Å². The summed E-state index contributed by atoms with van der Waals surface area (Å²) in [5.74, 6) is 0. The molecule has 0 aliphatic heterocycles. The molecular weight excluding hydrogens is 593 g/mol. The maximum atomic E-state index is 5.35. The van der Waals surface area contributed by atoms with Crippen LogP contribution >= 0.6 is 26.9 Å². The summed E-state index contributed by atoms with van der Waals surface area (Å²) in [5.41, 5.74) is 13.2. The van der Waals surface area contributed by atoms with Crippen molar-refractivity contribution in [2.24, 2.45) is 11.5 Å². The Kier molecular flexibility index (Phi) is 24.5. The summed E-state index contributed by atoms with van der Waals surface area (Å²) in [5, 5.41) is 0. The predicted octanol–water partition coefficient (Wildman–Crippen LogP) is 3.66. The molecule has 0 bridgehead atoms. The number of hydrogen-bond acceptors (Lipinski definition) is 2. The van der Waals surface area contributed by atoms with Crippen molar-refractivity contribution in [2.75, 3.05) is 13.1 Å². The van der Waals surface area contributed by atoms with Gasteiger partial charge < -0.3 is 11.5 Å². The van der Waals surface area contributed by atoms with Gasteiger partial charge in [0.15, 0.2) is 0 Å². The number of benzene rings is 2. The van der Waals surface area contributed by atoms with E-state index in [1.807, 2.05) is 36.4 Å². The van der Waals surface area contributed by atoms with Crippen molar-refractivity contribution in [3.05, 3.63) is 71.8 Å². The molecule has 0 saturated heterocycles. The fourth-order valence-electron chi connectivity index (χ4n) is 1.51. The van der Waals surface area contributed by atoms with Crippen molar-refractivity contribution in [2.45, 2.75) is 12.8 Å². The third-order valence-electron chi connectivity index (χ3n) is 2.41. The van der Waals surface area contributed by atoms with Gasteiger partial charge in [-0.05, 0) is 13.1 Å². The monoisotopic (exact) mass is 610 g/mol. The Morgan fingerprint density at radius 3 is 1.36 bits per heavy atom. The van der Waals surface area contributed by atoms with Gasteiger partial charge in [-0.1, -0.05) is 12.8 Å². The van der Waals surface area contributed by atoms with E-state index in [1.54, 1.807) is 0 Å². The second kappa shape index (κ2) is 21.6. The summed E-state index contributed by atoms with van der Waals surface area (Å²) in [4.78, 5) is 0. The first-order valence-corrected chi connectivity index (χ1v) is 13.5. The molecule has 0 amide bonds. The summed E-state index contributed by atoms with van der Waals surface area (Å²) in [6, 6.07) is 21.8. The average Bonchev–Trinajstić information content (AvgIpc) is 2.62. The van der Waals surface area contributed by atoms with Gasteiger partial charge in [-0.25, -0.2) is 0 Å². The van der Waals surface area contributed by atoms with Crippen LogP contribution in [0.15, 0.2) is 48.5 Å². The van der Waals surface area contributed by atoms with E-state index >= 15 is 0 Å². The Hall–Kier alpha value is 0.645. The van der Waals surface area contributed by atoms with E-state index in [9.17, 15) is 0 Å². The Morgan fingerprint density at radius 1 is 0.773 bits per heavy atom. The average molecular weight is 613 g/mol. The summed E-state index contributed by atoms with van der Waals surface area (Å²) in [6.45, 7) is 1.44. The number of hydrogen-bond donors (Lipinski definition) is 2. The van der Waals surface area contributed by atoms with E-state index in [-0.39, 0.29) is 0 Å². The van der Waals surface area contributed by atoms with Crippen LogP contribution in [-0.4, -0.2) is 13.1 Å². The molecule has 4 N–H and O–H groups in total. The van der Waals surface area contributed by atoms with Gasteiger partial charge >= 0.3 is 61.2 Å². The summed E-state index contributed by atoms with van der Waals surface area (Å²) >= 11 is 10.7. The van der Waals surface area contributed by atoms with Crippen LogP contribution in [0.1, 0.15) is 11.1 Å². The van der Waals surface area contributed by atoms with Crippen LogP contribution in [0.4, 0.5) is 0 Å². The van der Waals surface area contributed by atoms with E-state index in [1.165, 1.54) is 11.1 Å². The number of rotatable bonds is 4. The van der Waals surface area contributed by atoms with E-state index in [4.69, 9.17) is 11.5 Å². The molecule has 0 saturated carbocycles. The first-order valence-electron chi connectivity index (χ1n) is 6.41. The SMILES string of the molecule is NCCc1c[c-]ccc1.NCCc1c[c-]ccc1.[Br][Pd+].[Br][Pd+]. The van der Waals surface area contributed by atoms with Gasteiger partial charge in [-0.3, -0.25) is 0 Å². The molecule has 0 unspecified atom stereocenters. The second-order valence-electron chi connectivity index (χ2n) is 3.90. The molecule has 0 fully saturated rings. The maximum absolute atomic E-state index is 5.35. The molecule has 128 valence electrons. The van der Waals surface area contributed by atoms with Gasteiger partial charge in [-0.15, -0.1) is 0 Å². The molecule has 2 aromatic rings. The van der Waals surface area contributed by atoms with Gasteiger partial charge in [0.2, 0.25) is 0 Å². The van der Waals surface area contributed by atoms with E-state index in [0.29, 0.717) is 0 Å². The van der Waals surface area contributed by atoms with Crippen molar-refractivity contribution in [1.29, 1.82) is 0 Å². The van der Waals surface area contributed by atoms with Gasteiger partial charge in [-0.2, -0.15) is 71.8 Å². The van der Waals surface area contributed by atoms with Gasteiger partial charge in [0, 0.05) is 0 Å². The molecule has 6 heteroatoms. The normalized spacial score (nSPS) is 8.36. The Bertz CT molecular complexity index is 376. The first-order chi connectivity index (χ1) is 10.9. The summed E-state index contributed by atoms with van der Waals surface area (Å²) < 4.78 is 0. The van der Waals surface area contributed by atoms with Crippen LogP contribution in [0.5, 0.6) is 0 Å². The minimum absolute atomic E-state index is 0.720. The molecule has 2 aromatic carbocycles. The van der Waals surface area contributed by atoms with E-state index in [0.717, 1.165) is 25.9 Å². The molecule has 0 spiro atoms. The molecule has 22 heavy (non-hydrogen) atoms. The van der Waals surface area contributed by atoms with Crippen LogP contribution in [0.25, 0.3) is 0 Å². The quantitative estimate of drug-likeness (QED) is 0.409. The molecule has 2 rings (SSSR count). The predicted molar refractivity (Wildman–Crippen MR) is 93.9 cm³/mol. The zero-order chi connectivity index (χ0) is 17.1. The topological polar surface area (TPSA) is 52.0 Å². The minimum atomic E-state index is 0.720. The van der Waals surface area contributed by atoms with E-state index in [2.05, 4.69) is 85.5 Å². The second-order valence-corrected chi connectivity index (χ2v) is 3.90. The molecule has 2 nitrogen and oxygen atoms in total. The van der Waals surface area contributed by atoms with Gasteiger partial charge in [0.25, 0.3) is 0 Å². The van der Waals surface area contributed by atoms with Crippen molar-refractivity contribution in [1.82, 2.24) is 0 Å². The van der Waals surface area contributed by atoms with Crippen LogP contribution in [0.3, 0.4) is 0 Å². The third-order valence-corrected chi connectivity index (χ3v) is 2.41. The van der Waals surface area contributed by atoms with Crippen molar-refractivity contribution in [3.8, 4) is 0 Å². The molecule has 0 atom stereocenters. The Labute approximate surface area is 169 Å². The Morgan fingerprint density at radius 2 is 1.14 bits per heavy atom. The van der Waals surface area contributed by atoms with Gasteiger partial charge in [0.1, 0.15) is 0 Å². The molecule has 0 aromatic heterocycles. The summed E-state index contributed by atoms with van der Waals surface area (Å²) in [7, 11) is 0. The zero-order valence-corrected chi connectivity index (χ0v) is 18.3. The third kappa shape index (κ3) is 15.5. The Balaban J connectivity index is 0. The first kappa shape index (κ1) is 24.9. The fourth-order valence-corrected chi connectivity index (χ4v) is 1.51. The van der Waals surface area contributed by atoms with E-state index < -0.39 is 0 Å². The molecule has 0 aliphatic carbocycles. The molecule has 0 heterocycles. The van der Waals surface area contributed by atoms with Crippen LogP contribution < -0.4 is 11.5 Å². The van der Waals surface area contributed by atoms with Crippen LogP contribution in [0.2, 0.25) is 0 Å². The number of nitrogens with two attached hydrogens (primary N) is 2. The number of halogens is 2.